The Labute approximate surface area is 354 Å². The van der Waals surface area contributed by atoms with Gasteiger partial charge >= 0.3 is 0 Å². The van der Waals surface area contributed by atoms with E-state index in [1.807, 2.05) is 0 Å². The molecule has 27 nitrogen and oxygen atoms in total. The highest BCUT2D eigenvalue weighted by Gasteiger charge is 2.47. The van der Waals surface area contributed by atoms with Crippen LogP contribution in [0, 0.1) is 5.41 Å². The first-order chi connectivity index (χ1) is 28.6. The molecule has 7 atom stereocenters. The fourth-order valence-electron chi connectivity index (χ4n) is 5.36. The van der Waals surface area contributed by atoms with Gasteiger partial charge in [0.1, 0.15) is 36.3 Å². The summed E-state index contributed by atoms with van der Waals surface area (Å²) in [4.78, 5) is 96.2. The number of imidazole rings is 1. The van der Waals surface area contributed by atoms with E-state index in [0.29, 0.717) is 18.8 Å². The fourth-order valence-corrected chi connectivity index (χ4v) is 8.77. The molecule has 1 aliphatic heterocycles. The SMILES string of the molecule is CC(C)(COP(=O)([O-])OP(=O)([O-])OCC1OC(n2cnc3c(N)ncnc32)C(O)C1OP(=O)([O-])[O-])C(O)C(=O)NCCC(=O)NCCSCC(=O)NCCCNCCCCN. The molecule has 348 valence electrons. The smallest absolute Gasteiger partial charge is 0.274 e. The molecule has 0 aromatic carbocycles. The minimum Gasteiger partial charge on any atom is -0.790 e. The third-order valence-corrected chi connectivity index (χ3v) is 12.5. The zero-order valence-electron chi connectivity index (χ0n) is 33.2. The number of amides is 3. The summed E-state index contributed by atoms with van der Waals surface area (Å²) in [6, 6.07) is 0. The van der Waals surface area contributed by atoms with Crippen LogP contribution in [0.15, 0.2) is 12.7 Å². The van der Waals surface area contributed by atoms with Crippen LogP contribution >= 0.6 is 35.2 Å². The number of fused-ring (bicyclic) bond motifs is 1. The predicted octanol–water partition coefficient (Wildman–Crippen LogP) is -4.56. The number of nitrogens with one attached hydrogen (secondary N) is 4. The summed E-state index contributed by atoms with van der Waals surface area (Å²) in [5.74, 6) is -0.993. The molecule has 1 fully saturated rings. The summed E-state index contributed by atoms with van der Waals surface area (Å²) >= 11 is 1.32. The average Bonchev–Trinajstić information content (AvgIpc) is 3.73. The van der Waals surface area contributed by atoms with Crippen molar-refractivity contribution in [1.82, 2.24) is 40.8 Å². The van der Waals surface area contributed by atoms with Gasteiger partial charge in [0.2, 0.25) is 17.7 Å². The Hall–Kier alpha value is -2.72. The summed E-state index contributed by atoms with van der Waals surface area (Å²) in [7, 11) is -17.6. The number of hydrogen-bond donors (Lipinski definition) is 8. The normalized spacial score (nSPS) is 20.8. The molecule has 31 heteroatoms. The highest BCUT2D eigenvalue weighted by molar-refractivity contribution is 7.99. The molecule has 0 aliphatic carbocycles. The summed E-state index contributed by atoms with van der Waals surface area (Å²) < 4.78 is 60.6. The van der Waals surface area contributed by atoms with Gasteiger partial charge in [-0.25, -0.2) is 19.3 Å². The van der Waals surface area contributed by atoms with Crippen molar-refractivity contribution in [3.05, 3.63) is 12.7 Å². The van der Waals surface area contributed by atoms with Gasteiger partial charge < -0.3 is 85.4 Å². The standard InChI is InChI=1S/C30H55N10O17P3S/c1-30(2,25(44)28(45)36-11-6-20(41)35-12-13-61-15-21(42)34-10-5-9-33-8-4-3-7-31)16-54-60(51,52)57-59(49,50)53-14-19-24(56-58(46,47)48)23(43)29(55-19)40-18-39-22-26(32)37-17-38-27(22)40/h17-19,23-25,29,33,43-44H,3-16,31H2,1-2H3,(H,34,42)(H,35,41)(H,36,45)(H,49,50)(H,51,52)(H2,32,37,38)(H2,46,47,48)/p-4. The number of hydrogen-bond acceptors (Lipinski definition) is 24. The molecule has 3 amide bonds. The molecular formula is C30H51N10O17P3S-4. The van der Waals surface area contributed by atoms with Crippen molar-refractivity contribution in [2.24, 2.45) is 11.1 Å². The topological polar surface area (TPSA) is 425 Å². The summed E-state index contributed by atoms with van der Waals surface area (Å²) in [5, 5.41) is 32.4. The van der Waals surface area contributed by atoms with Gasteiger partial charge in [0.25, 0.3) is 15.6 Å². The van der Waals surface area contributed by atoms with E-state index in [1.165, 1.54) is 25.6 Å². The number of nitrogens with two attached hydrogens (primary N) is 2. The van der Waals surface area contributed by atoms with E-state index in [0.717, 1.165) is 49.6 Å². The number of carbonyl (C=O) groups is 3. The lowest BCUT2D eigenvalue weighted by molar-refractivity contribution is -0.347. The molecule has 1 saturated heterocycles. The molecule has 2 aromatic heterocycles. The molecule has 61 heavy (non-hydrogen) atoms. The first kappa shape index (κ1) is 52.6. The van der Waals surface area contributed by atoms with Gasteiger partial charge in [-0.05, 0) is 38.9 Å². The minimum absolute atomic E-state index is 0.0222. The van der Waals surface area contributed by atoms with Crippen LogP contribution in [0.25, 0.3) is 11.2 Å². The van der Waals surface area contributed by atoms with Crippen LogP contribution < -0.4 is 52.3 Å². The minimum atomic E-state index is -5.92. The molecule has 1 aliphatic rings. The third kappa shape index (κ3) is 18.1. The Balaban J connectivity index is 1.38. The van der Waals surface area contributed by atoms with Crippen LogP contribution in [-0.2, 0) is 50.7 Å². The van der Waals surface area contributed by atoms with Crippen molar-refractivity contribution in [2.45, 2.75) is 70.2 Å². The van der Waals surface area contributed by atoms with Crippen molar-refractivity contribution >= 4 is 69.9 Å². The number of nitrogens with zero attached hydrogens (tertiary/aromatic N) is 4. The van der Waals surface area contributed by atoms with Gasteiger partial charge in [-0.15, -0.1) is 0 Å². The maximum Gasteiger partial charge on any atom is 0.274 e. The summed E-state index contributed by atoms with van der Waals surface area (Å²) in [6.45, 7) is 3.02. The maximum atomic E-state index is 12.6. The van der Waals surface area contributed by atoms with Crippen LogP contribution in [0.1, 0.15) is 45.8 Å². The van der Waals surface area contributed by atoms with Crippen LogP contribution in [-0.4, -0.2) is 136 Å². The number of ether oxygens (including phenoxy) is 1. The third-order valence-electron chi connectivity index (χ3n) is 8.51. The molecule has 7 unspecified atom stereocenters. The molecular weight excluding hydrogens is 897 g/mol. The summed E-state index contributed by atoms with van der Waals surface area (Å²) in [5.41, 5.74) is 9.52. The number of aliphatic hydroxyl groups is 2. The second-order valence-corrected chi connectivity index (χ2v) is 19.2. The van der Waals surface area contributed by atoms with Gasteiger partial charge in [0, 0.05) is 37.2 Å². The van der Waals surface area contributed by atoms with E-state index in [-0.39, 0.29) is 48.2 Å². The van der Waals surface area contributed by atoms with Crippen LogP contribution in [0.2, 0.25) is 0 Å². The number of aromatic nitrogens is 4. The highest BCUT2D eigenvalue weighted by atomic mass is 32.2. The number of unbranched alkanes of at least 4 members (excludes halogenated alkanes) is 1. The molecule has 0 saturated carbocycles. The molecule has 3 heterocycles. The first-order valence-corrected chi connectivity index (χ1v) is 24.2. The summed E-state index contributed by atoms with van der Waals surface area (Å²) in [6.07, 6.45) is -4.84. The zero-order chi connectivity index (χ0) is 45.4. The second-order valence-electron chi connectivity index (χ2n) is 14.0. The van der Waals surface area contributed by atoms with E-state index in [4.69, 9.17) is 16.2 Å². The number of rotatable bonds is 29. The van der Waals surface area contributed by atoms with Crippen LogP contribution in [0.4, 0.5) is 5.82 Å². The fraction of sp³-hybridized carbons (Fsp3) is 0.733. The van der Waals surface area contributed by atoms with Gasteiger partial charge in [-0.2, -0.15) is 11.8 Å². The number of anilines is 1. The van der Waals surface area contributed by atoms with Gasteiger partial charge in [-0.3, -0.25) is 28.1 Å². The average molecular weight is 949 g/mol. The molecule has 0 radical (unpaired) electrons. The van der Waals surface area contributed by atoms with Gasteiger partial charge in [-0.1, -0.05) is 13.8 Å². The second kappa shape index (κ2) is 24.4. The molecule has 2 aromatic rings. The Morgan fingerprint density at radius 2 is 1.66 bits per heavy atom. The van der Waals surface area contributed by atoms with E-state index < -0.39 is 84.6 Å². The maximum absolute atomic E-state index is 12.6. The Bertz CT molecular complexity index is 1890. The Morgan fingerprint density at radius 1 is 0.967 bits per heavy atom. The van der Waals surface area contributed by atoms with Crippen molar-refractivity contribution in [1.29, 1.82) is 0 Å². The quantitative estimate of drug-likeness (QED) is 0.0281. The van der Waals surface area contributed by atoms with Crippen molar-refractivity contribution in [3.8, 4) is 0 Å². The number of phosphoric ester groups is 3. The van der Waals surface area contributed by atoms with Crippen molar-refractivity contribution in [3.63, 3.8) is 0 Å². The molecule has 0 spiro atoms. The van der Waals surface area contributed by atoms with Gasteiger partial charge in [0.15, 0.2) is 17.7 Å². The molecule has 3 rings (SSSR count). The van der Waals surface area contributed by atoms with Crippen molar-refractivity contribution < 1.29 is 80.5 Å². The Morgan fingerprint density at radius 3 is 2.36 bits per heavy atom. The molecule has 10 N–H and O–H groups in total. The monoisotopic (exact) mass is 948 g/mol. The van der Waals surface area contributed by atoms with E-state index in [1.54, 1.807) is 0 Å². The van der Waals surface area contributed by atoms with Crippen LogP contribution in [0.5, 0.6) is 0 Å². The highest BCUT2D eigenvalue weighted by Crippen LogP contribution is 2.56. The lowest BCUT2D eigenvalue weighted by atomic mass is 9.87. The lowest BCUT2D eigenvalue weighted by Crippen LogP contribution is -2.46. The van der Waals surface area contributed by atoms with Crippen LogP contribution in [0.3, 0.4) is 0 Å². The Kier molecular flexibility index (Phi) is 21.0. The van der Waals surface area contributed by atoms with E-state index >= 15 is 0 Å². The number of thioether (sulfide) groups is 1. The molecule has 0 bridgehead atoms. The predicted molar refractivity (Wildman–Crippen MR) is 207 cm³/mol. The number of carbonyl (C=O) groups excluding carboxylic acids is 3. The van der Waals surface area contributed by atoms with E-state index in [9.17, 15) is 57.9 Å². The first-order valence-electron chi connectivity index (χ1n) is 18.6. The number of aliphatic hydroxyl groups excluding tert-OH is 2. The number of phosphoric acid groups is 3. The zero-order valence-corrected chi connectivity index (χ0v) is 36.7. The largest absolute Gasteiger partial charge is 0.790 e. The van der Waals surface area contributed by atoms with Gasteiger partial charge in [0.05, 0.1) is 33.1 Å². The number of nitrogen functional groups attached to an aromatic ring is 1. The lowest BCUT2D eigenvalue weighted by Gasteiger charge is -2.36. The van der Waals surface area contributed by atoms with Crippen molar-refractivity contribution in [2.75, 3.05) is 69.7 Å². The van der Waals surface area contributed by atoms with E-state index in [2.05, 4.69) is 54.1 Å².